The second-order valence-electron chi connectivity index (χ2n) is 6.01. The van der Waals surface area contributed by atoms with Crippen molar-refractivity contribution in [1.82, 2.24) is 0 Å². The number of hydrogen-bond acceptors (Lipinski definition) is 5. The third-order valence-corrected chi connectivity index (χ3v) is 7.21. The smallest absolute Gasteiger partial charge is 0.263 e. The van der Waals surface area contributed by atoms with Gasteiger partial charge in [0.05, 0.1) is 28.4 Å². The van der Waals surface area contributed by atoms with Crippen LogP contribution in [-0.2, 0) is 20.0 Å². The largest absolute Gasteiger partial charge is 0.495 e. The van der Waals surface area contributed by atoms with E-state index in [1.54, 1.807) is 6.07 Å². The van der Waals surface area contributed by atoms with Crippen molar-refractivity contribution >= 4 is 43.0 Å². The molecule has 2 N–H and O–H groups in total. The van der Waals surface area contributed by atoms with Gasteiger partial charge in [-0.1, -0.05) is 23.7 Å². The topological polar surface area (TPSA) is 102 Å². The van der Waals surface area contributed by atoms with Crippen LogP contribution >= 0.6 is 11.6 Å². The zero-order valence-corrected chi connectivity index (χ0v) is 17.9. The Kier molecular flexibility index (Phi) is 6.20. The van der Waals surface area contributed by atoms with Crippen molar-refractivity contribution in [3.8, 4) is 5.75 Å². The maximum absolute atomic E-state index is 13.1. The van der Waals surface area contributed by atoms with E-state index < -0.39 is 25.9 Å². The lowest BCUT2D eigenvalue weighted by molar-refractivity contribution is 0.417. The van der Waals surface area contributed by atoms with Crippen molar-refractivity contribution in [3.05, 3.63) is 77.6 Å². The Bertz CT molecular complexity index is 1280. The fourth-order valence-electron chi connectivity index (χ4n) is 2.54. The molecule has 0 spiro atoms. The summed E-state index contributed by atoms with van der Waals surface area (Å²) in [4.78, 5) is -0.302. The maximum Gasteiger partial charge on any atom is 0.263 e. The molecular weight excluding hydrogens is 455 g/mol. The van der Waals surface area contributed by atoms with E-state index in [9.17, 15) is 21.2 Å². The van der Waals surface area contributed by atoms with E-state index in [-0.39, 0.29) is 31.9 Å². The Morgan fingerprint density at radius 3 is 2.17 bits per heavy atom. The summed E-state index contributed by atoms with van der Waals surface area (Å²) in [6, 6.07) is 14.2. The quantitative estimate of drug-likeness (QED) is 0.541. The molecule has 0 bridgehead atoms. The molecule has 0 aromatic heterocycles. The van der Waals surface area contributed by atoms with Gasteiger partial charge in [0, 0.05) is 0 Å². The summed E-state index contributed by atoms with van der Waals surface area (Å²) in [7, 11) is -6.77. The third-order valence-electron chi connectivity index (χ3n) is 3.95. The van der Waals surface area contributed by atoms with Crippen LogP contribution in [0.1, 0.15) is 0 Å². The number of halogens is 2. The molecule has 0 unspecified atom stereocenters. The number of methoxy groups -OCH3 is 1. The van der Waals surface area contributed by atoms with E-state index in [0.29, 0.717) is 0 Å². The molecular formula is C19H16ClFN2O5S2. The summed E-state index contributed by atoms with van der Waals surface area (Å²) in [5, 5.41) is 0.0377. The Labute approximate surface area is 178 Å². The van der Waals surface area contributed by atoms with Gasteiger partial charge in [-0.05, 0) is 54.6 Å². The van der Waals surface area contributed by atoms with Crippen molar-refractivity contribution in [2.45, 2.75) is 9.79 Å². The fourth-order valence-corrected chi connectivity index (χ4v) is 5.17. The number of ether oxygens (including phenoxy) is 1. The highest BCUT2D eigenvalue weighted by molar-refractivity contribution is 7.93. The van der Waals surface area contributed by atoms with Crippen molar-refractivity contribution in [2.75, 3.05) is 16.6 Å². The fraction of sp³-hybridized carbons (Fsp3) is 0.0526. The average Bonchev–Trinajstić information content (AvgIpc) is 2.68. The molecule has 3 rings (SSSR count). The van der Waals surface area contributed by atoms with Crippen LogP contribution in [0.15, 0.2) is 76.5 Å². The number of nitrogens with one attached hydrogen (secondary N) is 2. The molecule has 11 heteroatoms. The first-order valence-electron chi connectivity index (χ1n) is 8.36. The van der Waals surface area contributed by atoms with Crippen LogP contribution in [-0.4, -0.2) is 23.9 Å². The molecule has 7 nitrogen and oxygen atoms in total. The van der Waals surface area contributed by atoms with E-state index in [0.717, 1.165) is 24.3 Å². The van der Waals surface area contributed by atoms with E-state index in [1.165, 1.54) is 43.5 Å². The summed E-state index contributed by atoms with van der Waals surface area (Å²) in [6.07, 6.45) is 0. The number of rotatable bonds is 7. The highest BCUT2D eigenvalue weighted by Gasteiger charge is 2.20. The molecule has 0 fully saturated rings. The number of hydrogen-bond donors (Lipinski definition) is 2. The SMILES string of the molecule is COc1ccc(NS(=O)(=O)c2ccccc2Cl)cc1NS(=O)(=O)c1ccc(F)cc1. The van der Waals surface area contributed by atoms with Gasteiger partial charge >= 0.3 is 0 Å². The first kappa shape index (κ1) is 21.9. The molecule has 30 heavy (non-hydrogen) atoms. The van der Waals surface area contributed by atoms with Gasteiger partial charge in [0.2, 0.25) is 0 Å². The minimum atomic E-state index is -4.08. The minimum absolute atomic E-state index is 0.0128. The zero-order valence-electron chi connectivity index (χ0n) is 15.5. The van der Waals surface area contributed by atoms with E-state index in [2.05, 4.69) is 9.44 Å². The van der Waals surface area contributed by atoms with Gasteiger partial charge in [0.15, 0.2) is 0 Å². The van der Waals surface area contributed by atoms with Gasteiger partial charge in [-0.3, -0.25) is 9.44 Å². The lowest BCUT2D eigenvalue weighted by Gasteiger charge is -2.15. The minimum Gasteiger partial charge on any atom is -0.495 e. The summed E-state index contributed by atoms with van der Waals surface area (Å²) >= 11 is 5.96. The first-order chi connectivity index (χ1) is 14.1. The molecule has 0 aliphatic carbocycles. The summed E-state index contributed by atoms with van der Waals surface area (Å²) < 4.78 is 73.4. The Morgan fingerprint density at radius 2 is 1.53 bits per heavy atom. The lowest BCUT2D eigenvalue weighted by Crippen LogP contribution is -2.15. The number of sulfonamides is 2. The van der Waals surface area contributed by atoms with Crippen LogP contribution in [0.5, 0.6) is 5.75 Å². The molecule has 0 aliphatic heterocycles. The Hall–Kier alpha value is -2.82. The van der Waals surface area contributed by atoms with Gasteiger partial charge < -0.3 is 4.74 Å². The maximum atomic E-state index is 13.1. The molecule has 0 saturated carbocycles. The molecule has 0 saturated heterocycles. The predicted molar refractivity (Wildman–Crippen MR) is 112 cm³/mol. The third kappa shape index (κ3) is 4.84. The van der Waals surface area contributed by atoms with Crippen molar-refractivity contribution in [2.24, 2.45) is 0 Å². The van der Waals surface area contributed by atoms with Gasteiger partial charge in [0.1, 0.15) is 16.5 Å². The van der Waals surface area contributed by atoms with Crippen LogP contribution in [0.3, 0.4) is 0 Å². The number of anilines is 2. The highest BCUT2D eigenvalue weighted by Crippen LogP contribution is 2.31. The molecule has 0 aliphatic rings. The summed E-state index contributed by atoms with van der Waals surface area (Å²) in [5.41, 5.74) is 0.0636. The van der Waals surface area contributed by atoms with Gasteiger partial charge in [-0.15, -0.1) is 0 Å². The van der Waals surface area contributed by atoms with Gasteiger partial charge in [-0.2, -0.15) is 0 Å². The molecule has 0 atom stereocenters. The average molecular weight is 471 g/mol. The molecule has 0 amide bonds. The van der Waals surface area contributed by atoms with Crippen molar-refractivity contribution in [1.29, 1.82) is 0 Å². The zero-order chi connectivity index (χ0) is 21.9. The molecule has 3 aromatic rings. The van der Waals surface area contributed by atoms with Gasteiger partial charge in [0.25, 0.3) is 20.0 Å². The highest BCUT2D eigenvalue weighted by atomic mass is 35.5. The van der Waals surface area contributed by atoms with Crippen LogP contribution in [0, 0.1) is 5.82 Å². The Morgan fingerprint density at radius 1 is 0.867 bits per heavy atom. The monoisotopic (exact) mass is 470 g/mol. The predicted octanol–water partition coefficient (Wildman–Crippen LogP) is 4.09. The molecule has 3 aromatic carbocycles. The number of benzene rings is 3. The Balaban J connectivity index is 1.94. The van der Waals surface area contributed by atoms with Crippen LogP contribution in [0.25, 0.3) is 0 Å². The molecule has 158 valence electrons. The van der Waals surface area contributed by atoms with Gasteiger partial charge in [-0.25, -0.2) is 21.2 Å². The normalized spacial score (nSPS) is 11.7. The first-order valence-corrected chi connectivity index (χ1v) is 11.7. The summed E-state index contributed by atoms with van der Waals surface area (Å²) in [6.45, 7) is 0. The van der Waals surface area contributed by atoms with Crippen molar-refractivity contribution in [3.63, 3.8) is 0 Å². The summed E-state index contributed by atoms with van der Waals surface area (Å²) in [5.74, 6) is -0.427. The molecule has 0 radical (unpaired) electrons. The molecule has 0 heterocycles. The van der Waals surface area contributed by atoms with E-state index >= 15 is 0 Å². The standard InChI is InChI=1S/C19H16ClFN2O5S2/c1-28-18-11-8-14(22-30(26,27)19-5-3-2-4-16(19)20)12-17(18)23-29(24,25)15-9-6-13(21)7-10-15/h2-12,22-23H,1H3. The lowest BCUT2D eigenvalue weighted by atomic mass is 10.2. The van der Waals surface area contributed by atoms with Crippen molar-refractivity contribution < 1.29 is 26.0 Å². The van der Waals surface area contributed by atoms with Crippen LogP contribution in [0.4, 0.5) is 15.8 Å². The van der Waals surface area contributed by atoms with Crippen LogP contribution in [0.2, 0.25) is 5.02 Å². The second kappa shape index (κ2) is 8.50. The van der Waals surface area contributed by atoms with E-state index in [4.69, 9.17) is 16.3 Å². The van der Waals surface area contributed by atoms with E-state index in [1.807, 2.05) is 0 Å². The van der Waals surface area contributed by atoms with Crippen LogP contribution < -0.4 is 14.2 Å². The second-order valence-corrected chi connectivity index (χ2v) is 9.75.